The largest absolute Gasteiger partial charge is 0.392 e. The summed E-state index contributed by atoms with van der Waals surface area (Å²) >= 11 is 0. The Morgan fingerprint density at radius 2 is 2.22 bits per heavy atom. The van der Waals surface area contributed by atoms with Crippen molar-refractivity contribution in [1.29, 1.82) is 0 Å². The molecule has 18 heavy (non-hydrogen) atoms. The van der Waals surface area contributed by atoms with Crippen molar-refractivity contribution in [3.63, 3.8) is 0 Å². The molecule has 2 fully saturated rings. The highest BCUT2D eigenvalue weighted by atomic mass is 16.3. The molecule has 4 unspecified atom stereocenters. The number of hydrogen-bond acceptors (Lipinski definition) is 2. The van der Waals surface area contributed by atoms with Crippen molar-refractivity contribution >= 4 is 0 Å². The zero-order chi connectivity index (χ0) is 12.5. The van der Waals surface area contributed by atoms with Gasteiger partial charge in [-0.3, -0.25) is 4.98 Å². The highest BCUT2D eigenvalue weighted by Crippen LogP contribution is 2.49. The molecule has 2 bridgehead atoms. The number of aryl methyl sites for hydroxylation is 1. The van der Waals surface area contributed by atoms with Crippen molar-refractivity contribution in [3.8, 4) is 0 Å². The summed E-state index contributed by atoms with van der Waals surface area (Å²) in [6.45, 7) is 2.14. The lowest BCUT2D eigenvalue weighted by Gasteiger charge is -2.26. The van der Waals surface area contributed by atoms with Gasteiger partial charge in [-0.1, -0.05) is 19.4 Å². The molecular formula is C16H23NO. The van der Waals surface area contributed by atoms with Crippen molar-refractivity contribution in [2.24, 2.45) is 17.8 Å². The number of nitrogens with zero attached hydrogens (tertiary/aromatic N) is 1. The fourth-order valence-corrected chi connectivity index (χ4v) is 3.92. The van der Waals surface area contributed by atoms with E-state index in [0.29, 0.717) is 5.92 Å². The number of fused-ring (bicyclic) bond motifs is 2. The molecule has 1 aromatic rings. The first-order chi connectivity index (χ1) is 8.76. The summed E-state index contributed by atoms with van der Waals surface area (Å²) in [5, 5.41) is 10.4. The quantitative estimate of drug-likeness (QED) is 0.884. The zero-order valence-corrected chi connectivity index (χ0v) is 11.2. The van der Waals surface area contributed by atoms with Crippen LogP contribution in [0.2, 0.25) is 0 Å². The number of rotatable bonds is 4. The van der Waals surface area contributed by atoms with Gasteiger partial charge in [0.2, 0.25) is 0 Å². The summed E-state index contributed by atoms with van der Waals surface area (Å²) in [4.78, 5) is 4.46. The third kappa shape index (κ3) is 2.31. The lowest BCUT2D eigenvalue weighted by atomic mass is 9.83. The standard InChI is InChI=1S/C16H23NO/c1-2-11-4-6-14(17-10-11)9-16(18)15-8-12-3-5-13(15)7-12/h4,6,10,12-13,15-16,18H,2-3,5,7-9H2,1H3. The Kier molecular flexibility index (Phi) is 3.38. The second-order valence-electron chi connectivity index (χ2n) is 6.12. The molecule has 0 radical (unpaired) electrons. The minimum absolute atomic E-state index is 0.180. The SMILES string of the molecule is CCc1ccc(CC(O)C2CC3CCC2C3)nc1. The molecule has 0 aromatic carbocycles. The van der Waals surface area contributed by atoms with Crippen LogP contribution in [0.3, 0.4) is 0 Å². The highest BCUT2D eigenvalue weighted by Gasteiger charge is 2.42. The molecule has 0 spiro atoms. The summed E-state index contributed by atoms with van der Waals surface area (Å²) in [5.74, 6) is 2.24. The van der Waals surface area contributed by atoms with Crippen LogP contribution in [0.15, 0.2) is 18.3 Å². The Bertz CT molecular complexity index is 400. The third-order valence-corrected chi connectivity index (χ3v) is 5.00. The molecule has 0 aliphatic heterocycles. The maximum Gasteiger partial charge on any atom is 0.0626 e. The maximum absolute atomic E-state index is 10.4. The van der Waals surface area contributed by atoms with E-state index in [-0.39, 0.29) is 6.10 Å². The lowest BCUT2D eigenvalue weighted by molar-refractivity contribution is 0.0743. The number of pyridine rings is 1. The van der Waals surface area contributed by atoms with Gasteiger partial charge in [0.15, 0.2) is 0 Å². The Labute approximate surface area is 109 Å². The van der Waals surface area contributed by atoms with E-state index in [1.54, 1.807) is 0 Å². The van der Waals surface area contributed by atoms with Crippen molar-refractivity contribution in [2.75, 3.05) is 0 Å². The number of aliphatic hydroxyl groups is 1. The molecular weight excluding hydrogens is 222 g/mol. The number of aliphatic hydroxyl groups excluding tert-OH is 1. The number of hydrogen-bond donors (Lipinski definition) is 1. The minimum Gasteiger partial charge on any atom is -0.392 e. The van der Waals surface area contributed by atoms with Crippen LogP contribution in [0, 0.1) is 17.8 Å². The van der Waals surface area contributed by atoms with Crippen molar-refractivity contribution < 1.29 is 5.11 Å². The van der Waals surface area contributed by atoms with Crippen LogP contribution in [0.4, 0.5) is 0 Å². The zero-order valence-electron chi connectivity index (χ0n) is 11.2. The van der Waals surface area contributed by atoms with Gasteiger partial charge in [-0.25, -0.2) is 0 Å². The van der Waals surface area contributed by atoms with Gasteiger partial charge < -0.3 is 5.11 Å². The molecule has 3 rings (SSSR count). The fraction of sp³-hybridized carbons (Fsp3) is 0.688. The first kappa shape index (κ1) is 12.2. The van der Waals surface area contributed by atoms with Crippen LogP contribution >= 0.6 is 0 Å². The fourth-order valence-electron chi connectivity index (χ4n) is 3.92. The Balaban J connectivity index is 1.61. The molecule has 98 valence electrons. The Morgan fingerprint density at radius 3 is 2.78 bits per heavy atom. The van der Waals surface area contributed by atoms with E-state index in [0.717, 1.165) is 30.4 Å². The average molecular weight is 245 g/mol. The van der Waals surface area contributed by atoms with Crippen molar-refractivity contribution in [1.82, 2.24) is 4.98 Å². The second kappa shape index (κ2) is 5.00. The van der Waals surface area contributed by atoms with Crippen LogP contribution in [0.25, 0.3) is 0 Å². The Hall–Kier alpha value is -0.890. The summed E-state index contributed by atoms with van der Waals surface area (Å²) in [5.41, 5.74) is 2.32. The Morgan fingerprint density at radius 1 is 1.33 bits per heavy atom. The molecule has 4 atom stereocenters. The minimum atomic E-state index is -0.180. The van der Waals surface area contributed by atoms with Gasteiger partial charge in [-0.05, 0) is 55.1 Å². The summed E-state index contributed by atoms with van der Waals surface area (Å²) < 4.78 is 0. The molecule has 2 heteroatoms. The van der Waals surface area contributed by atoms with Gasteiger partial charge in [0.1, 0.15) is 0 Å². The predicted octanol–water partition coefficient (Wildman–Crippen LogP) is 2.98. The maximum atomic E-state index is 10.4. The summed E-state index contributed by atoms with van der Waals surface area (Å²) in [6, 6.07) is 4.21. The smallest absolute Gasteiger partial charge is 0.0626 e. The van der Waals surface area contributed by atoms with Gasteiger partial charge in [-0.15, -0.1) is 0 Å². The molecule has 1 N–H and O–H groups in total. The van der Waals surface area contributed by atoms with Crippen LogP contribution in [0.1, 0.15) is 43.9 Å². The first-order valence-electron chi connectivity index (χ1n) is 7.38. The van der Waals surface area contributed by atoms with Crippen LogP contribution in [-0.2, 0) is 12.8 Å². The first-order valence-corrected chi connectivity index (χ1v) is 7.38. The predicted molar refractivity (Wildman–Crippen MR) is 72.3 cm³/mol. The average Bonchev–Trinajstić information content (AvgIpc) is 3.02. The third-order valence-electron chi connectivity index (χ3n) is 5.00. The summed E-state index contributed by atoms with van der Waals surface area (Å²) in [7, 11) is 0. The molecule has 1 aromatic heterocycles. The number of aromatic nitrogens is 1. The molecule has 2 aliphatic rings. The van der Waals surface area contributed by atoms with Gasteiger partial charge in [0.05, 0.1) is 6.10 Å². The molecule has 2 nitrogen and oxygen atoms in total. The van der Waals surface area contributed by atoms with Crippen molar-refractivity contribution in [3.05, 3.63) is 29.6 Å². The van der Waals surface area contributed by atoms with Crippen LogP contribution in [0.5, 0.6) is 0 Å². The topological polar surface area (TPSA) is 33.1 Å². The van der Waals surface area contributed by atoms with Gasteiger partial charge in [0, 0.05) is 18.3 Å². The van der Waals surface area contributed by atoms with E-state index in [4.69, 9.17) is 0 Å². The van der Waals surface area contributed by atoms with Gasteiger partial charge >= 0.3 is 0 Å². The monoisotopic (exact) mass is 245 g/mol. The van der Waals surface area contributed by atoms with Crippen molar-refractivity contribution in [2.45, 2.75) is 51.6 Å². The molecule has 2 saturated carbocycles. The van der Waals surface area contributed by atoms with E-state index in [9.17, 15) is 5.11 Å². The van der Waals surface area contributed by atoms with E-state index in [1.807, 2.05) is 6.20 Å². The highest BCUT2D eigenvalue weighted by molar-refractivity contribution is 5.14. The molecule has 0 amide bonds. The van der Waals surface area contributed by atoms with Gasteiger partial charge in [-0.2, -0.15) is 0 Å². The van der Waals surface area contributed by atoms with E-state index in [2.05, 4.69) is 24.0 Å². The van der Waals surface area contributed by atoms with Gasteiger partial charge in [0.25, 0.3) is 0 Å². The molecule has 1 heterocycles. The van der Waals surface area contributed by atoms with E-state index < -0.39 is 0 Å². The second-order valence-corrected chi connectivity index (χ2v) is 6.12. The lowest BCUT2D eigenvalue weighted by Crippen LogP contribution is -2.27. The molecule has 2 aliphatic carbocycles. The van der Waals surface area contributed by atoms with Crippen LogP contribution in [-0.4, -0.2) is 16.2 Å². The van der Waals surface area contributed by atoms with Crippen LogP contribution < -0.4 is 0 Å². The van der Waals surface area contributed by atoms with E-state index in [1.165, 1.54) is 31.2 Å². The normalized spacial score (nSPS) is 31.8. The van der Waals surface area contributed by atoms with E-state index >= 15 is 0 Å². The summed E-state index contributed by atoms with van der Waals surface area (Å²) in [6.07, 6.45) is 8.89. The molecule has 0 saturated heterocycles.